The maximum Gasteiger partial charge on any atom is 0.258 e. The number of nitrogens with zero attached hydrogens (tertiary/aromatic N) is 2. The Balaban J connectivity index is 1.57. The molecule has 3 aromatic rings. The van der Waals surface area contributed by atoms with Gasteiger partial charge in [-0.3, -0.25) is 9.59 Å². The average molecular weight is 471 g/mol. The van der Waals surface area contributed by atoms with Gasteiger partial charge in [0.15, 0.2) is 11.5 Å². The summed E-state index contributed by atoms with van der Waals surface area (Å²) in [7, 11) is 1.61. The molecule has 4 rings (SSSR count). The number of ether oxygens (including phenoxy) is 2. The molecule has 6 nitrogen and oxygen atoms in total. The van der Waals surface area contributed by atoms with Gasteiger partial charge in [-0.25, -0.2) is 0 Å². The topological polar surface area (TPSA) is 59.1 Å². The molecule has 1 aliphatic rings. The van der Waals surface area contributed by atoms with Crippen LogP contribution in [0, 0.1) is 5.92 Å². The number of para-hydroxylation sites is 2. The molecule has 1 unspecified atom stereocenters. The molecular weight excluding hydrogens is 440 g/mol. The second-order valence-corrected chi connectivity index (χ2v) is 8.49. The van der Waals surface area contributed by atoms with Gasteiger partial charge < -0.3 is 19.3 Å². The third-order valence-electron chi connectivity index (χ3n) is 6.05. The number of carbonyl (C=O) groups excluding carboxylic acids is 2. The van der Waals surface area contributed by atoms with E-state index in [9.17, 15) is 9.59 Å². The first-order valence-electron chi connectivity index (χ1n) is 11.7. The number of benzene rings is 3. The van der Waals surface area contributed by atoms with Crippen molar-refractivity contribution in [3.8, 4) is 11.5 Å². The lowest BCUT2D eigenvalue weighted by molar-refractivity contribution is -0.121. The molecule has 0 spiro atoms. The van der Waals surface area contributed by atoms with Crippen molar-refractivity contribution in [2.75, 3.05) is 36.6 Å². The van der Waals surface area contributed by atoms with Crippen LogP contribution in [-0.4, -0.2) is 38.6 Å². The molecule has 0 N–H and O–H groups in total. The molecule has 1 atom stereocenters. The van der Waals surface area contributed by atoms with Crippen LogP contribution in [0.4, 0.5) is 11.4 Å². The normalized spacial score (nSPS) is 15.3. The van der Waals surface area contributed by atoms with Crippen LogP contribution >= 0.6 is 0 Å². The van der Waals surface area contributed by atoms with Crippen molar-refractivity contribution in [2.24, 2.45) is 5.92 Å². The van der Waals surface area contributed by atoms with Crippen LogP contribution in [0.2, 0.25) is 0 Å². The number of hydrogen-bond acceptors (Lipinski definition) is 4. The highest BCUT2D eigenvalue weighted by Gasteiger charge is 2.33. The van der Waals surface area contributed by atoms with E-state index >= 15 is 0 Å². The molecule has 2 amide bonds. The smallest absolute Gasteiger partial charge is 0.258 e. The van der Waals surface area contributed by atoms with Crippen LogP contribution in [0.5, 0.6) is 11.5 Å². The molecule has 0 saturated carbocycles. The van der Waals surface area contributed by atoms with Crippen LogP contribution in [-0.2, 0) is 11.2 Å². The highest BCUT2D eigenvalue weighted by Crippen LogP contribution is 2.35. The standard InChI is InChI=1S/C29H30N2O4/c1-4-10-22-15-16-26(27(19-22)34-3)35-18-17-30-24-13-8-9-14-25(24)31(20-21(2)28(30)32)29(33)23-11-6-5-7-12-23/h4-9,11-16,19,21H,1,10,17-18,20H2,2-3H3. The first-order chi connectivity index (χ1) is 17.0. The zero-order valence-electron chi connectivity index (χ0n) is 20.1. The maximum absolute atomic E-state index is 13.4. The van der Waals surface area contributed by atoms with Gasteiger partial charge in [0.1, 0.15) is 6.61 Å². The Morgan fingerprint density at radius 3 is 2.46 bits per heavy atom. The maximum atomic E-state index is 13.4. The highest BCUT2D eigenvalue weighted by atomic mass is 16.5. The molecule has 0 radical (unpaired) electrons. The quantitative estimate of drug-likeness (QED) is 0.428. The Morgan fingerprint density at radius 1 is 1.03 bits per heavy atom. The van der Waals surface area contributed by atoms with Crippen molar-refractivity contribution in [3.63, 3.8) is 0 Å². The number of amides is 2. The molecule has 0 aliphatic carbocycles. The van der Waals surface area contributed by atoms with Crippen molar-refractivity contribution in [2.45, 2.75) is 13.3 Å². The Kier molecular flexibility index (Phi) is 7.51. The fourth-order valence-electron chi connectivity index (χ4n) is 4.29. The monoisotopic (exact) mass is 470 g/mol. The predicted octanol–water partition coefficient (Wildman–Crippen LogP) is 5.13. The minimum absolute atomic E-state index is 0.0438. The van der Waals surface area contributed by atoms with Gasteiger partial charge in [0.25, 0.3) is 5.91 Å². The van der Waals surface area contributed by atoms with E-state index in [4.69, 9.17) is 9.47 Å². The summed E-state index contributed by atoms with van der Waals surface area (Å²) in [6.07, 6.45) is 2.58. The first-order valence-corrected chi connectivity index (χ1v) is 11.7. The zero-order valence-corrected chi connectivity index (χ0v) is 20.1. The number of hydrogen-bond donors (Lipinski definition) is 0. The summed E-state index contributed by atoms with van der Waals surface area (Å²) in [5.41, 5.74) is 3.08. The van der Waals surface area contributed by atoms with E-state index in [1.807, 2.05) is 73.7 Å². The van der Waals surface area contributed by atoms with Crippen LogP contribution in [0.3, 0.4) is 0 Å². The number of anilines is 2. The Labute approximate surface area is 206 Å². The first kappa shape index (κ1) is 24.1. The Morgan fingerprint density at radius 2 is 1.74 bits per heavy atom. The van der Waals surface area contributed by atoms with Crippen LogP contribution < -0.4 is 19.3 Å². The number of allylic oxidation sites excluding steroid dienone is 1. The molecule has 1 heterocycles. The third-order valence-corrected chi connectivity index (χ3v) is 6.05. The van der Waals surface area contributed by atoms with Gasteiger partial charge in [-0.1, -0.05) is 49.4 Å². The van der Waals surface area contributed by atoms with Gasteiger partial charge >= 0.3 is 0 Å². The Bertz CT molecular complexity index is 1210. The van der Waals surface area contributed by atoms with E-state index in [0.29, 0.717) is 41.5 Å². The van der Waals surface area contributed by atoms with Gasteiger partial charge in [-0.15, -0.1) is 6.58 Å². The lowest BCUT2D eigenvalue weighted by atomic mass is 10.1. The van der Waals surface area contributed by atoms with E-state index in [1.165, 1.54) is 0 Å². The van der Waals surface area contributed by atoms with Crippen molar-refractivity contribution in [1.82, 2.24) is 0 Å². The summed E-state index contributed by atoms with van der Waals surface area (Å²) in [5.74, 6) is 0.713. The Hall–Kier alpha value is -4.06. The molecule has 0 aromatic heterocycles. The van der Waals surface area contributed by atoms with Crippen molar-refractivity contribution in [3.05, 3.63) is 96.6 Å². The second kappa shape index (κ2) is 10.9. The highest BCUT2D eigenvalue weighted by molar-refractivity contribution is 6.11. The fourth-order valence-corrected chi connectivity index (χ4v) is 4.29. The fraction of sp³-hybridized carbons (Fsp3) is 0.241. The molecule has 1 aliphatic heterocycles. The molecule has 3 aromatic carbocycles. The molecule has 180 valence electrons. The minimum Gasteiger partial charge on any atom is -0.493 e. The third kappa shape index (κ3) is 5.22. The lowest BCUT2D eigenvalue weighted by Crippen LogP contribution is -2.39. The number of methoxy groups -OCH3 is 1. The number of fused-ring (bicyclic) bond motifs is 1. The minimum atomic E-state index is -0.372. The second-order valence-electron chi connectivity index (χ2n) is 8.49. The number of carbonyl (C=O) groups is 2. The summed E-state index contributed by atoms with van der Waals surface area (Å²) < 4.78 is 11.5. The van der Waals surface area contributed by atoms with E-state index in [-0.39, 0.29) is 24.3 Å². The van der Waals surface area contributed by atoms with Gasteiger partial charge in [-0.05, 0) is 48.4 Å². The van der Waals surface area contributed by atoms with Crippen molar-refractivity contribution in [1.29, 1.82) is 0 Å². The largest absolute Gasteiger partial charge is 0.493 e. The molecule has 0 saturated heterocycles. The summed E-state index contributed by atoms with van der Waals surface area (Å²) in [4.78, 5) is 30.2. The zero-order chi connectivity index (χ0) is 24.8. The predicted molar refractivity (Wildman–Crippen MR) is 138 cm³/mol. The molecule has 6 heteroatoms. The lowest BCUT2D eigenvalue weighted by Gasteiger charge is -2.25. The van der Waals surface area contributed by atoms with E-state index in [1.54, 1.807) is 29.0 Å². The van der Waals surface area contributed by atoms with Crippen LogP contribution in [0.15, 0.2) is 85.5 Å². The van der Waals surface area contributed by atoms with Gasteiger partial charge in [0, 0.05) is 12.1 Å². The van der Waals surface area contributed by atoms with Crippen LogP contribution in [0.25, 0.3) is 0 Å². The summed E-state index contributed by atoms with van der Waals surface area (Å²) in [6, 6.07) is 22.4. The average Bonchev–Trinajstić information content (AvgIpc) is 3.00. The van der Waals surface area contributed by atoms with Crippen LogP contribution in [0.1, 0.15) is 22.8 Å². The molecule has 35 heavy (non-hydrogen) atoms. The number of rotatable bonds is 8. The summed E-state index contributed by atoms with van der Waals surface area (Å²) in [5, 5.41) is 0. The van der Waals surface area contributed by atoms with Gasteiger partial charge in [-0.2, -0.15) is 0 Å². The molecular formula is C29H30N2O4. The molecule has 0 bridgehead atoms. The van der Waals surface area contributed by atoms with Gasteiger partial charge in [0.2, 0.25) is 5.91 Å². The van der Waals surface area contributed by atoms with E-state index in [2.05, 4.69) is 6.58 Å². The SMILES string of the molecule is C=CCc1ccc(OCCN2C(=O)C(C)CN(C(=O)c3ccccc3)c3ccccc32)c(OC)c1. The summed E-state index contributed by atoms with van der Waals surface area (Å²) in [6.45, 7) is 6.55. The van der Waals surface area contributed by atoms with E-state index in [0.717, 1.165) is 12.0 Å². The van der Waals surface area contributed by atoms with Crippen molar-refractivity contribution >= 4 is 23.2 Å². The summed E-state index contributed by atoms with van der Waals surface area (Å²) >= 11 is 0. The van der Waals surface area contributed by atoms with Gasteiger partial charge in [0.05, 0.1) is 30.9 Å². The molecule has 0 fully saturated rings. The van der Waals surface area contributed by atoms with E-state index < -0.39 is 0 Å². The van der Waals surface area contributed by atoms with Crippen molar-refractivity contribution < 1.29 is 19.1 Å².